The van der Waals surface area contributed by atoms with Crippen LogP contribution in [-0.2, 0) is 6.42 Å². The summed E-state index contributed by atoms with van der Waals surface area (Å²) in [6, 6.07) is 24.1. The fraction of sp³-hybridized carbons (Fsp3) is 0.217. The van der Waals surface area contributed by atoms with Crippen LogP contribution in [0, 0.1) is 0 Å². The van der Waals surface area contributed by atoms with Crippen LogP contribution >= 0.6 is 0 Å². The van der Waals surface area contributed by atoms with Crippen LogP contribution < -0.4 is 9.47 Å². The number of hydrogen-bond acceptors (Lipinski definition) is 4. The largest absolute Gasteiger partial charge is 0.491 e. The highest BCUT2D eigenvalue weighted by Gasteiger charge is 2.15. The first-order valence-electron chi connectivity index (χ1n) is 9.02. The molecule has 1 aliphatic carbocycles. The predicted molar refractivity (Wildman–Crippen MR) is 106 cm³/mol. The molecule has 27 heavy (non-hydrogen) atoms. The van der Waals surface area contributed by atoms with Crippen molar-refractivity contribution in [1.29, 1.82) is 0 Å². The molecular weight excluding hydrogens is 340 g/mol. The van der Waals surface area contributed by atoms with Gasteiger partial charge in [-0.3, -0.25) is 0 Å². The second kappa shape index (κ2) is 9.21. The number of aliphatic hydroxyl groups excluding tert-OH is 2. The molecular formula is C23H24O4. The summed E-state index contributed by atoms with van der Waals surface area (Å²) in [6.45, 7) is 1.80. The molecule has 3 aromatic carbocycles. The number of hydrogen-bond donors (Lipinski definition) is 2. The smallest absolute Gasteiger partial charge is 0.194 e. The summed E-state index contributed by atoms with van der Waals surface area (Å²) in [4.78, 5) is 0. The Labute approximate surface area is 159 Å². The van der Waals surface area contributed by atoms with Crippen LogP contribution in [0.2, 0.25) is 0 Å². The van der Waals surface area contributed by atoms with Gasteiger partial charge in [-0.25, -0.2) is 0 Å². The highest BCUT2D eigenvalue weighted by atomic mass is 16.6. The van der Waals surface area contributed by atoms with Gasteiger partial charge in [-0.15, -0.1) is 0 Å². The van der Waals surface area contributed by atoms with Crippen LogP contribution in [0.3, 0.4) is 0 Å². The number of fused-ring (bicyclic) bond motifs is 3. The zero-order valence-corrected chi connectivity index (χ0v) is 15.3. The molecule has 0 spiro atoms. The van der Waals surface area contributed by atoms with Crippen molar-refractivity contribution in [1.82, 2.24) is 0 Å². The van der Waals surface area contributed by atoms with E-state index in [2.05, 4.69) is 48.5 Å². The van der Waals surface area contributed by atoms with Gasteiger partial charge in [0, 0.05) is 0 Å². The lowest BCUT2D eigenvalue weighted by atomic mass is 10.1. The first-order chi connectivity index (χ1) is 13.2. The monoisotopic (exact) mass is 364 g/mol. The van der Waals surface area contributed by atoms with Crippen molar-refractivity contribution in [2.75, 3.05) is 13.2 Å². The van der Waals surface area contributed by atoms with Gasteiger partial charge in [0.15, 0.2) is 6.29 Å². The minimum atomic E-state index is -0.820. The van der Waals surface area contributed by atoms with Gasteiger partial charge in [0.2, 0.25) is 0 Å². The highest BCUT2D eigenvalue weighted by molar-refractivity contribution is 5.76. The van der Waals surface area contributed by atoms with Gasteiger partial charge in [-0.2, -0.15) is 0 Å². The Morgan fingerprint density at radius 3 is 1.85 bits per heavy atom. The third-order valence-electron chi connectivity index (χ3n) is 4.20. The van der Waals surface area contributed by atoms with Gasteiger partial charge in [0.1, 0.15) is 18.1 Å². The number of rotatable bonds is 5. The van der Waals surface area contributed by atoms with Gasteiger partial charge >= 0.3 is 0 Å². The van der Waals surface area contributed by atoms with E-state index in [4.69, 9.17) is 19.7 Å². The summed E-state index contributed by atoms with van der Waals surface area (Å²) >= 11 is 0. The maximum atomic E-state index is 8.93. The maximum absolute atomic E-state index is 8.93. The summed E-state index contributed by atoms with van der Waals surface area (Å²) in [7, 11) is 0. The molecule has 2 N–H and O–H groups in total. The molecule has 0 amide bonds. The average Bonchev–Trinajstić information content (AvgIpc) is 3.06. The quantitative estimate of drug-likeness (QED) is 0.525. The molecule has 1 atom stereocenters. The molecule has 0 bridgehead atoms. The molecule has 4 rings (SSSR count). The second-order valence-corrected chi connectivity index (χ2v) is 6.25. The van der Waals surface area contributed by atoms with E-state index < -0.39 is 6.29 Å². The lowest BCUT2D eigenvalue weighted by Gasteiger charge is -2.09. The van der Waals surface area contributed by atoms with Gasteiger partial charge in [0.05, 0.1) is 6.61 Å². The van der Waals surface area contributed by atoms with Crippen LogP contribution in [0.4, 0.5) is 0 Å². The first-order valence-corrected chi connectivity index (χ1v) is 9.02. The number of aliphatic hydroxyl groups is 2. The topological polar surface area (TPSA) is 58.9 Å². The van der Waals surface area contributed by atoms with E-state index in [0.717, 1.165) is 6.42 Å². The van der Waals surface area contributed by atoms with Gasteiger partial charge in [-0.05, 0) is 59.9 Å². The average molecular weight is 364 g/mol. The van der Waals surface area contributed by atoms with Crippen LogP contribution in [0.25, 0.3) is 11.1 Å². The lowest BCUT2D eigenvalue weighted by molar-refractivity contribution is -0.000338. The van der Waals surface area contributed by atoms with Crippen molar-refractivity contribution >= 4 is 0 Å². The third-order valence-corrected chi connectivity index (χ3v) is 4.20. The van der Waals surface area contributed by atoms with Crippen LogP contribution in [0.1, 0.15) is 18.1 Å². The van der Waals surface area contributed by atoms with E-state index in [-0.39, 0.29) is 13.2 Å². The van der Waals surface area contributed by atoms with E-state index >= 15 is 0 Å². The zero-order valence-electron chi connectivity index (χ0n) is 15.3. The summed E-state index contributed by atoms with van der Waals surface area (Å²) in [5.41, 5.74) is 5.75. The van der Waals surface area contributed by atoms with E-state index in [1.54, 1.807) is 24.3 Å². The minimum Gasteiger partial charge on any atom is -0.491 e. The van der Waals surface area contributed by atoms with Crippen LogP contribution in [0.15, 0.2) is 72.8 Å². The fourth-order valence-corrected chi connectivity index (χ4v) is 3.05. The van der Waals surface area contributed by atoms with E-state index in [1.165, 1.54) is 29.2 Å². The SMILES string of the molecule is CC(O)Oc1ccc(OCCO)cc1.c1ccc2c(c1)Cc1ccccc1-2. The van der Waals surface area contributed by atoms with Crippen molar-refractivity contribution in [2.24, 2.45) is 0 Å². The molecule has 3 aromatic rings. The first kappa shape index (κ1) is 19.0. The molecule has 4 heteroatoms. The normalized spacial score (nSPS) is 12.3. The Balaban J connectivity index is 0.000000156. The molecule has 1 aliphatic rings. The van der Waals surface area contributed by atoms with E-state index in [0.29, 0.717) is 11.5 Å². The van der Waals surface area contributed by atoms with Gasteiger partial charge in [0.25, 0.3) is 0 Å². The highest BCUT2D eigenvalue weighted by Crippen LogP contribution is 2.35. The van der Waals surface area contributed by atoms with Gasteiger partial charge in [-0.1, -0.05) is 48.5 Å². The molecule has 4 nitrogen and oxygen atoms in total. The third kappa shape index (κ3) is 5.09. The fourth-order valence-electron chi connectivity index (χ4n) is 3.05. The summed E-state index contributed by atoms with van der Waals surface area (Å²) in [6.07, 6.45) is 0.283. The molecule has 1 unspecified atom stereocenters. The standard InChI is InChI=1S/C13H10.C10H14O4/c1-3-7-12-10(5-1)9-11-6-2-4-8-13(11)12;1-8(12)14-10-4-2-9(3-5-10)13-7-6-11/h1-8H,9H2;2-5,8,11-12H,6-7H2,1H3. The van der Waals surface area contributed by atoms with Gasteiger partial charge < -0.3 is 19.7 Å². The Morgan fingerprint density at radius 1 is 0.815 bits per heavy atom. The molecule has 0 saturated carbocycles. The Bertz CT molecular complexity index is 813. The molecule has 0 heterocycles. The Hall–Kier alpha value is -2.82. The van der Waals surface area contributed by atoms with Crippen molar-refractivity contribution in [3.63, 3.8) is 0 Å². The molecule has 140 valence electrons. The summed E-state index contributed by atoms with van der Waals surface area (Å²) in [5, 5.41) is 17.4. The van der Waals surface area contributed by atoms with Crippen molar-refractivity contribution in [3.05, 3.63) is 83.9 Å². The van der Waals surface area contributed by atoms with Crippen LogP contribution in [-0.4, -0.2) is 29.7 Å². The predicted octanol–water partition coefficient (Wildman–Crippen LogP) is 4.03. The summed E-state index contributed by atoms with van der Waals surface area (Å²) < 4.78 is 10.2. The molecule has 0 radical (unpaired) electrons. The maximum Gasteiger partial charge on any atom is 0.194 e. The lowest BCUT2D eigenvalue weighted by Crippen LogP contribution is -2.09. The van der Waals surface area contributed by atoms with Crippen molar-refractivity contribution in [2.45, 2.75) is 19.6 Å². The number of benzene rings is 3. The Kier molecular flexibility index (Phi) is 6.47. The van der Waals surface area contributed by atoms with E-state index in [9.17, 15) is 0 Å². The Morgan fingerprint density at radius 2 is 1.33 bits per heavy atom. The second-order valence-electron chi connectivity index (χ2n) is 6.25. The zero-order chi connectivity index (χ0) is 19.1. The summed E-state index contributed by atoms with van der Waals surface area (Å²) in [5.74, 6) is 1.24. The van der Waals surface area contributed by atoms with E-state index in [1.807, 2.05) is 0 Å². The molecule has 0 aromatic heterocycles. The molecule has 0 aliphatic heterocycles. The molecule has 0 saturated heterocycles. The van der Waals surface area contributed by atoms with Crippen LogP contribution in [0.5, 0.6) is 11.5 Å². The molecule has 0 fully saturated rings. The number of ether oxygens (including phenoxy) is 2. The minimum absolute atomic E-state index is 0.00801. The van der Waals surface area contributed by atoms with Crippen molar-refractivity contribution in [3.8, 4) is 22.6 Å². The van der Waals surface area contributed by atoms with Crippen molar-refractivity contribution < 1.29 is 19.7 Å².